The fourth-order valence-electron chi connectivity index (χ4n) is 3.20. The summed E-state index contributed by atoms with van der Waals surface area (Å²) in [5, 5.41) is 6.72. The first-order valence-corrected chi connectivity index (χ1v) is 10.7. The van der Waals surface area contributed by atoms with Gasteiger partial charge in [-0.25, -0.2) is 4.79 Å². The van der Waals surface area contributed by atoms with Crippen molar-refractivity contribution in [3.05, 3.63) is 91.3 Å². The lowest BCUT2D eigenvalue weighted by Crippen LogP contribution is -2.47. The maximum absolute atomic E-state index is 13.2. The summed E-state index contributed by atoms with van der Waals surface area (Å²) in [4.78, 5) is 39.1. The largest absolute Gasteiger partial charge is 0.416 e. The molecular formula is C24H25F3N4O3. The number of hydrogen-bond acceptors (Lipinski definition) is 4. The number of halogens is 3. The molecule has 180 valence electrons. The van der Waals surface area contributed by atoms with Gasteiger partial charge in [0.25, 0.3) is 11.5 Å². The van der Waals surface area contributed by atoms with E-state index >= 15 is 0 Å². The van der Waals surface area contributed by atoms with Crippen LogP contribution in [-0.2, 0) is 12.7 Å². The standard InChI is InChI=1S/C24H25F3N4O3/c1-5-16(4)28-21(32)20-22(33)30(13-17-7-9-18(10-8-17)24(25,26)27)23(34)31(29-20)19-11-6-14(2)15(3)12-19/h6-12,16H,5,13H2,1-4H3,(H,28,32)/t16-/m0/s1. The number of benzene rings is 2. The molecule has 0 aliphatic rings. The summed E-state index contributed by atoms with van der Waals surface area (Å²) < 4.78 is 40.4. The Morgan fingerprint density at radius 1 is 1.06 bits per heavy atom. The molecule has 0 fully saturated rings. The van der Waals surface area contributed by atoms with Gasteiger partial charge >= 0.3 is 11.9 Å². The SMILES string of the molecule is CC[C@H](C)NC(=O)c1nn(-c2ccc(C)c(C)c2)c(=O)n(Cc2ccc(C(F)(F)F)cc2)c1=O. The van der Waals surface area contributed by atoms with Gasteiger partial charge in [0.05, 0.1) is 17.8 Å². The number of carbonyl (C=O) groups is 1. The van der Waals surface area contributed by atoms with E-state index in [1.807, 2.05) is 20.8 Å². The van der Waals surface area contributed by atoms with E-state index in [-0.39, 0.29) is 12.6 Å². The van der Waals surface area contributed by atoms with Crippen molar-refractivity contribution in [3.8, 4) is 5.69 Å². The lowest BCUT2D eigenvalue weighted by Gasteiger charge is -2.15. The molecule has 3 aromatic rings. The van der Waals surface area contributed by atoms with Crippen LogP contribution in [0.15, 0.2) is 52.1 Å². The van der Waals surface area contributed by atoms with E-state index in [0.717, 1.165) is 32.5 Å². The zero-order valence-corrected chi connectivity index (χ0v) is 19.2. The van der Waals surface area contributed by atoms with Crippen LogP contribution < -0.4 is 16.6 Å². The Balaban J connectivity index is 2.16. The molecule has 0 radical (unpaired) electrons. The quantitative estimate of drug-likeness (QED) is 0.592. The van der Waals surface area contributed by atoms with Crippen LogP contribution in [0.3, 0.4) is 0 Å². The summed E-state index contributed by atoms with van der Waals surface area (Å²) >= 11 is 0. The molecule has 1 heterocycles. The molecule has 1 aromatic heterocycles. The molecule has 2 aromatic carbocycles. The van der Waals surface area contributed by atoms with E-state index in [1.165, 1.54) is 12.1 Å². The summed E-state index contributed by atoms with van der Waals surface area (Å²) in [6.07, 6.45) is -3.90. The Morgan fingerprint density at radius 2 is 1.71 bits per heavy atom. The second kappa shape index (κ2) is 9.66. The third kappa shape index (κ3) is 5.27. The monoisotopic (exact) mass is 474 g/mol. The first kappa shape index (κ1) is 24.9. The minimum atomic E-state index is -4.51. The third-order valence-electron chi connectivity index (χ3n) is 5.62. The first-order chi connectivity index (χ1) is 15.9. The van der Waals surface area contributed by atoms with Gasteiger partial charge in [0.15, 0.2) is 0 Å². The first-order valence-electron chi connectivity index (χ1n) is 10.7. The van der Waals surface area contributed by atoms with Crippen molar-refractivity contribution in [2.24, 2.45) is 0 Å². The molecule has 1 amide bonds. The highest BCUT2D eigenvalue weighted by Gasteiger charge is 2.30. The van der Waals surface area contributed by atoms with Crippen LogP contribution >= 0.6 is 0 Å². The van der Waals surface area contributed by atoms with Crippen molar-refractivity contribution in [2.45, 2.75) is 52.9 Å². The zero-order valence-electron chi connectivity index (χ0n) is 19.2. The van der Waals surface area contributed by atoms with Gasteiger partial charge in [0.2, 0.25) is 5.69 Å². The van der Waals surface area contributed by atoms with Crippen molar-refractivity contribution in [1.29, 1.82) is 0 Å². The van der Waals surface area contributed by atoms with Crippen LogP contribution in [-0.4, -0.2) is 26.3 Å². The molecule has 0 saturated heterocycles. The summed E-state index contributed by atoms with van der Waals surface area (Å²) in [5.74, 6) is -0.738. The highest BCUT2D eigenvalue weighted by molar-refractivity contribution is 5.91. The predicted molar refractivity (Wildman–Crippen MR) is 121 cm³/mol. The van der Waals surface area contributed by atoms with E-state index in [4.69, 9.17) is 0 Å². The maximum Gasteiger partial charge on any atom is 0.416 e. The Kier molecular flexibility index (Phi) is 7.09. The van der Waals surface area contributed by atoms with Gasteiger partial charge in [-0.15, -0.1) is 0 Å². The van der Waals surface area contributed by atoms with E-state index in [1.54, 1.807) is 25.1 Å². The average Bonchev–Trinajstić information content (AvgIpc) is 2.78. The number of alkyl halides is 3. The van der Waals surface area contributed by atoms with Crippen LogP contribution in [0.5, 0.6) is 0 Å². The second-order valence-electron chi connectivity index (χ2n) is 8.18. The van der Waals surface area contributed by atoms with Crippen molar-refractivity contribution in [3.63, 3.8) is 0 Å². The topological polar surface area (TPSA) is 86.0 Å². The third-order valence-corrected chi connectivity index (χ3v) is 5.62. The van der Waals surface area contributed by atoms with Crippen molar-refractivity contribution in [1.82, 2.24) is 19.7 Å². The van der Waals surface area contributed by atoms with Crippen LogP contribution in [0.2, 0.25) is 0 Å². The number of hydrogen-bond donors (Lipinski definition) is 1. The van der Waals surface area contributed by atoms with Gasteiger partial charge in [-0.3, -0.25) is 14.2 Å². The summed E-state index contributed by atoms with van der Waals surface area (Å²) in [5.41, 5.74) is -0.573. The Morgan fingerprint density at radius 3 is 2.26 bits per heavy atom. The Labute approximate surface area is 193 Å². The summed E-state index contributed by atoms with van der Waals surface area (Å²) in [6.45, 7) is 7.03. The fraction of sp³-hybridized carbons (Fsp3) is 0.333. The number of amides is 1. The Hall–Kier alpha value is -3.69. The number of carbonyl (C=O) groups excluding carboxylic acids is 1. The van der Waals surface area contributed by atoms with Crippen LogP contribution in [0.1, 0.15) is 53.0 Å². The number of aryl methyl sites for hydroxylation is 2. The van der Waals surface area contributed by atoms with E-state index < -0.39 is 34.6 Å². The molecule has 7 nitrogen and oxygen atoms in total. The number of rotatable bonds is 6. The van der Waals surface area contributed by atoms with Crippen LogP contribution in [0, 0.1) is 13.8 Å². The molecule has 10 heteroatoms. The highest BCUT2D eigenvalue weighted by atomic mass is 19.4. The molecule has 0 spiro atoms. The normalized spacial score (nSPS) is 12.4. The van der Waals surface area contributed by atoms with Gasteiger partial charge < -0.3 is 5.32 Å². The van der Waals surface area contributed by atoms with Gasteiger partial charge in [0.1, 0.15) is 0 Å². The maximum atomic E-state index is 13.2. The molecule has 0 bridgehead atoms. The molecule has 0 unspecified atom stereocenters. The molecule has 34 heavy (non-hydrogen) atoms. The van der Waals surface area contributed by atoms with E-state index in [2.05, 4.69) is 10.4 Å². The highest BCUT2D eigenvalue weighted by Crippen LogP contribution is 2.29. The molecule has 1 N–H and O–H groups in total. The molecular weight excluding hydrogens is 449 g/mol. The van der Waals surface area contributed by atoms with Crippen molar-refractivity contribution in [2.75, 3.05) is 0 Å². The molecule has 1 atom stereocenters. The smallest absolute Gasteiger partial charge is 0.348 e. The number of nitrogens with one attached hydrogen (secondary N) is 1. The number of nitrogens with zero attached hydrogens (tertiary/aromatic N) is 3. The van der Waals surface area contributed by atoms with Gasteiger partial charge in [-0.2, -0.15) is 23.0 Å². The van der Waals surface area contributed by atoms with Crippen LogP contribution in [0.4, 0.5) is 13.2 Å². The van der Waals surface area contributed by atoms with Crippen molar-refractivity contribution < 1.29 is 18.0 Å². The zero-order chi connectivity index (χ0) is 25.2. The molecule has 0 aliphatic heterocycles. The summed E-state index contributed by atoms with van der Waals surface area (Å²) in [7, 11) is 0. The fourth-order valence-corrected chi connectivity index (χ4v) is 3.20. The number of aromatic nitrogens is 3. The lowest BCUT2D eigenvalue weighted by molar-refractivity contribution is -0.137. The minimum absolute atomic E-state index is 0.237. The lowest BCUT2D eigenvalue weighted by atomic mass is 10.1. The average molecular weight is 474 g/mol. The van der Waals surface area contributed by atoms with Gasteiger partial charge in [-0.1, -0.05) is 25.1 Å². The second-order valence-corrected chi connectivity index (χ2v) is 8.18. The molecule has 0 saturated carbocycles. The Bertz CT molecular complexity index is 1330. The van der Waals surface area contributed by atoms with Crippen LogP contribution in [0.25, 0.3) is 5.69 Å². The van der Waals surface area contributed by atoms with Gasteiger partial charge in [0, 0.05) is 6.04 Å². The van der Waals surface area contributed by atoms with Crippen molar-refractivity contribution >= 4 is 5.91 Å². The van der Waals surface area contributed by atoms with E-state index in [9.17, 15) is 27.6 Å². The van der Waals surface area contributed by atoms with Gasteiger partial charge in [-0.05, 0) is 68.1 Å². The summed E-state index contributed by atoms with van der Waals surface area (Å²) in [6, 6.07) is 9.01. The molecule has 3 rings (SSSR count). The van der Waals surface area contributed by atoms with E-state index in [0.29, 0.717) is 17.7 Å². The molecule has 0 aliphatic carbocycles. The predicted octanol–water partition coefficient (Wildman–Crippen LogP) is 3.61. The minimum Gasteiger partial charge on any atom is -0.348 e.